The second-order valence-electron chi connectivity index (χ2n) is 4.52. The highest BCUT2D eigenvalue weighted by atomic mass is 35.5. The highest BCUT2D eigenvalue weighted by Gasteiger charge is 2.21. The van der Waals surface area contributed by atoms with Crippen molar-refractivity contribution in [1.29, 1.82) is 0 Å². The van der Waals surface area contributed by atoms with Crippen molar-refractivity contribution < 1.29 is 19.1 Å². The predicted octanol–water partition coefficient (Wildman–Crippen LogP) is 2.15. The van der Waals surface area contributed by atoms with Gasteiger partial charge in [-0.2, -0.15) is 0 Å². The number of nitrogens with one attached hydrogen (secondary N) is 1. The third-order valence-electron chi connectivity index (χ3n) is 2.97. The molecule has 2 rings (SSSR count). The summed E-state index contributed by atoms with van der Waals surface area (Å²) in [4.78, 5) is 24.5. The van der Waals surface area contributed by atoms with E-state index < -0.39 is 6.04 Å². The number of hydrogen-bond acceptors (Lipinski definition) is 7. The Kier molecular flexibility index (Phi) is 7.93. The Morgan fingerprint density at radius 3 is 2.83 bits per heavy atom. The Morgan fingerprint density at radius 1 is 1.43 bits per heavy atom. The molecule has 0 fully saturated rings. The highest BCUT2D eigenvalue weighted by molar-refractivity contribution is 7.28. The summed E-state index contributed by atoms with van der Waals surface area (Å²) in [6.45, 7) is 2.47. The predicted molar refractivity (Wildman–Crippen MR) is 94.6 cm³/mol. The van der Waals surface area contributed by atoms with Gasteiger partial charge in [0, 0.05) is 23.9 Å². The second kappa shape index (κ2) is 9.19. The molecule has 128 valence electrons. The molecule has 0 bridgehead atoms. The van der Waals surface area contributed by atoms with Crippen LogP contribution in [0.5, 0.6) is 0 Å². The van der Waals surface area contributed by atoms with E-state index in [1.54, 1.807) is 6.92 Å². The molecule has 1 atom stereocenters. The van der Waals surface area contributed by atoms with Crippen molar-refractivity contribution in [3.05, 3.63) is 21.9 Å². The van der Waals surface area contributed by atoms with Gasteiger partial charge in [0.15, 0.2) is 0 Å². The molecular weight excluding hydrogens is 360 g/mol. The van der Waals surface area contributed by atoms with Crippen molar-refractivity contribution in [2.24, 2.45) is 5.73 Å². The van der Waals surface area contributed by atoms with Crippen LogP contribution >= 0.6 is 35.1 Å². The maximum atomic E-state index is 12.0. The Bertz CT molecular complexity index is 671. The van der Waals surface area contributed by atoms with Gasteiger partial charge in [0.2, 0.25) is 5.91 Å². The topological polar surface area (TPSA) is 90.7 Å². The van der Waals surface area contributed by atoms with Crippen molar-refractivity contribution in [2.45, 2.75) is 19.5 Å². The molecule has 3 N–H and O–H groups in total. The van der Waals surface area contributed by atoms with E-state index in [-0.39, 0.29) is 37.4 Å². The number of ether oxygens (including phenoxy) is 2. The lowest BCUT2D eigenvalue weighted by atomic mass is 10.2. The third-order valence-corrected chi connectivity index (χ3v) is 5.25. The van der Waals surface area contributed by atoms with E-state index in [0.717, 1.165) is 15.0 Å². The molecule has 0 spiro atoms. The van der Waals surface area contributed by atoms with E-state index in [4.69, 9.17) is 15.2 Å². The number of methoxy groups -OCH3 is 1. The van der Waals surface area contributed by atoms with Crippen LogP contribution in [-0.2, 0) is 20.8 Å². The number of nitrogens with two attached hydrogens (primary N) is 1. The molecule has 2 aromatic heterocycles. The largest absolute Gasteiger partial charge is 0.462 e. The van der Waals surface area contributed by atoms with Gasteiger partial charge >= 0.3 is 5.97 Å². The van der Waals surface area contributed by atoms with Crippen LogP contribution in [0.3, 0.4) is 0 Å². The molecule has 0 aliphatic carbocycles. The first kappa shape index (κ1) is 19.9. The first-order chi connectivity index (χ1) is 10.6. The van der Waals surface area contributed by atoms with Crippen LogP contribution in [0.2, 0.25) is 0 Å². The molecule has 0 aliphatic heterocycles. The molecule has 0 aromatic carbocycles. The monoisotopic (exact) mass is 378 g/mol. The molecule has 2 aromatic rings. The Morgan fingerprint density at radius 2 is 2.17 bits per heavy atom. The van der Waals surface area contributed by atoms with Gasteiger partial charge in [-0.3, -0.25) is 4.79 Å². The molecular formula is C14H19ClN2O4S2. The Labute approximate surface area is 148 Å². The van der Waals surface area contributed by atoms with Crippen molar-refractivity contribution in [3.63, 3.8) is 0 Å². The van der Waals surface area contributed by atoms with E-state index in [1.165, 1.54) is 29.8 Å². The molecule has 6 nitrogen and oxygen atoms in total. The number of fused-ring (bicyclic) bond motifs is 1. The summed E-state index contributed by atoms with van der Waals surface area (Å²) in [6.07, 6.45) is 0. The lowest BCUT2D eigenvalue weighted by molar-refractivity contribution is -0.123. The molecule has 1 amide bonds. The summed E-state index contributed by atoms with van der Waals surface area (Å²) in [5.74, 6) is -0.672. The van der Waals surface area contributed by atoms with Crippen LogP contribution in [0, 0.1) is 0 Å². The standard InChI is InChI=1S/C14H18N2O4S2.ClH/c1-3-20-14(18)12-8(11-10(22-12)4-5-21-11)6-16-13(17)9(15)7-19-2;/h4-5,9H,3,6-7,15H2,1-2H3,(H,16,17);1H. The van der Waals surface area contributed by atoms with Crippen LogP contribution < -0.4 is 11.1 Å². The number of carbonyl (C=O) groups excluding carboxylic acids is 2. The van der Waals surface area contributed by atoms with Gasteiger partial charge in [0.25, 0.3) is 0 Å². The molecule has 9 heteroatoms. The molecule has 1 unspecified atom stereocenters. The quantitative estimate of drug-likeness (QED) is 0.720. The van der Waals surface area contributed by atoms with Gasteiger partial charge in [0.05, 0.1) is 17.9 Å². The summed E-state index contributed by atoms with van der Waals surface area (Å²) >= 11 is 2.91. The van der Waals surface area contributed by atoms with Crippen LogP contribution in [0.15, 0.2) is 11.4 Å². The lowest BCUT2D eigenvalue weighted by Gasteiger charge is -2.11. The fourth-order valence-electron chi connectivity index (χ4n) is 1.96. The minimum atomic E-state index is -0.728. The molecule has 0 saturated heterocycles. The highest BCUT2D eigenvalue weighted by Crippen LogP contribution is 2.35. The van der Waals surface area contributed by atoms with Gasteiger partial charge < -0.3 is 20.5 Å². The van der Waals surface area contributed by atoms with E-state index in [9.17, 15) is 9.59 Å². The third kappa shape index (κ3) is 4.65. The van der Waals surface area contributed by atoms with Crippen molar-refractivity contribution in [3.8, 4) is 0 Å². The average molecular weight is 379 g/mol. The minimum Gasteiger partial charge on any atom is -0.462 e. The number of rotatable bonds is 7. The number of carbonyl (C=O) groups is 2. The zero-order chi connectivity index (χ0) is 16.1. The maximum Gasteiger partial charge on any atom is 0.348 e. The van der Waals surface area contributed by atoms with E-state index in [0.29, 0.717) is 11.5 Å². The minimum absolute atomic E-state index is 0. The molecule has 0 saturated carbocycles. The number of thiophene rings is 2. The Balaban J connectivity index is 0.00000264. The van der Waals surface area contributed by atoms with Crippen molar-refractivity contribution in [1.82, 2.24) is 5.32 Å². The van der Waals surface area contributed by atoms with Gasteiger partial charge in [0.1, 0.15) is 10.9 Å². The summed E-state index contributed by atoms with van der Waals surface area (Å²) in [7, 11) is 1.49. The maximum absolute atomic E-state index is 12.0. The van der Waals surface area contributed by atoms with Crippen LogP contribution in [0.4, 0.5) is 0 Å². The van der Waals surface area contributed by atoms with Crippen LogP contribution in [0.1, 0.15) is 22.2 Å². The summed E-state index contributed by atoms with van der Waals surface area (Å²) < 4.78 is 11.9. The van der Waals surface area contributed by atoms with Gasteiger partial charge in [-0.1, -0.05) is 0 Å². The van der Waals surface area contributed by atoms with Crippen molar-refractivity contribution >= 4 is 56.4 Å². The van der Waals surface area contributed by atoms with Gasteiger partial charge in [-0.25, -0.2) is 4.79 Å². The number of esters is 1. The normalized spacial score (nSPS) is 11.8. The lowest BCUT2D eigenvalue weighted by Crippen LogP contribution is -2.43. The fraction of sp³-hybridized carbons (Fsp3) is 0.429. The van der Waals surface area contributed by atoms with E-state index in [1.807, 2.05) is 11.4 Å². The van der Waals surface area contributed by atoms with Crippen LogP contribution in [0.25, 0.3) is 9.40 Å². The first-order valence-corrected chi connectivity index (χ1v) is 8.46. The molecule has 23 heavy (non-hydrogen) atoms. The molecule has 0 aliphatic rings. The summed E-state index contributed by atoms with van der Waals surface area (Å²) in [6, 6.07) is 1.23. The fourth-order valence-corrected chi connectivity index (χ4v) is 4.23. The average Bonchev–Trinajstić information content (AvgIpc) is 3.06. The Hall–Kier alpha value is -1.19. The van der Waals surface area contributed by atoms with Gasteiger partial charge in [-0.05, 0) is 18.4 Å². The SMILES string of the molecule is CCOC(=O)c1sc2ccsc2c1CNC(=O)C(N)COC.Cl. The zero-order valence-electron chi connectivity index (χ0n) is 12.8. The number of hydrogen-bond donors (Lipinski definition) is 2. The smallest absolute Gasteiger partial charge is 0.348 e. The van der Waals surface area contributed by atoms with Gasteiger partial charge in [-0.15, -0.1) is 35.1 Å². The van der Waals surface area contributed by atoms with Crippen LogP contribution in [-0.4, -0.2) is 38.2 Å². The first-order valence-electron chi connectivity index (χ1n) is 6.76. The van der Waals surface area contributed by atoms with E-state index >= 15 is 0 Å². The summed E-state index contributed by atoms with van der Waals surface area (Å²) in [5, 5.41) is 4.71. The number of halogens is 1. The molecule has 0 radical (unpaired) electrons. The second-order valence-corrected chi connectivity index (χ2v) is 6.49. The zero-order valence-corrected chi connectivity index (χ0v) is 15.2. The number of amides is 1. The summed E-state index contributed by atoms with van der Waals surface area (Å²) in [5.41, 5.74) is 6.47. The van der Waals surface area contributed by atoms with Crippen molar-refractivity contribution in [2.75, 3.05) is 20.3 Å². The van der Waals surface area contributed by atoms with E-state index in [2.05, 4.69) is 5.32 Å². The molecule has 2 heterocycles.